The Labute approximate surface area is 162 Å². The Morgan fingerprint density at radius 2 is 1.92 bits per heavy atom. The predicted molar refractivity (Wildman–Crippen MR) is 104 cm³/mol. The molecule has 2 heterocycles. The van der Waals surface area contributed by atoms with Crippen LogP contribution in [0.2, 0.25) is 0 Å². The van der Waals surface area contributed by atoms with Gasteiger partial charge in [0.1, 0.15) is 11.5 Å². The van der Waals surface area contributed by atoms with Crippen molar-refractivity contribution in [3.8, 4) is 0 Å². The number of thiophene rings is 1. The van der Waals surface area contributed by atoms with Crippen molar-refractivity contribution in [3.63, 3.8) is 0 Å². The number of halogens is 1. The molecule has 0 saturated carbocycles. The van der Waals surface area contributed by atoms with Gasteiger partial charge in [-0.2, -0.15) is 0 Å². The van der Waals surface area contributed by atoms with E-state index in [1.807, 2.05) is 29.6 Å². The van der Waals surface area contributed by atoms with E-state index < -0.39 is 5.91 Å². The monoisotopic (exact) mass is 430 g/mol. The van der Waals surface area contributed by atoms with Gasteiger partial charge < -0.3 is 15.1 Å². The quantitative estimate of drug-likeness (QED) is 0.575. The fraction of sp³-hybridized carbons (Fsp3) is 0.0526. The third-order valence-electron chi connectivity index (χ3n) is 3.42. The second-order valence-electron chi connectivity index (χ2n) is 5.30. The fourth-order valence-electron chi connectivity index (χ4n) is 2.15. The highest BCUT2D eigenvalue weighted by atomic mass is 79.9. The maximum Gasteiger partial charge on any atom is 0.268 e. The van der Waals surface area contributed by atoms with Gasteiger partial charge in [-0.25, -0.2) is 0 Å². The molecular formula is C19H15BrN2O3S. The lowest BCUT2D eigenvalue weighted by Crippen LogP contribution is -2.34. The van der Waals surface area contributed by atoms with Crippen LogP contribution in [0.4, 0.5) is 0 Å². The normalized spacial score (nSPS) is 11.2. The fourth-order valence-corrected chi connectivity index (χ4v) is 3.03. The van der Waals surface area contributed by atoms with E-state index in [1.54, 1.807) is 36.6 Å². The topological polar surface area (TPSA) is 71.3 Å². The lowest BCUT2D eigenvalue weighted by atomic mass is 10.2. The standard InChI is InChI=1S/C19H15BrN2O3S/c20-14-7-5-13(6-8-14)11-16(22-19(24)17-4-2-10-26-17)18(23)21-12-15-3-1-9-25-15/h1-11H,12H2,(H,21,23)(H,22,24)/b16-11-. The highest BCUT2D eigenvalue weighted by Crippen LogP contribution is 2.14. The van der Waals surface area contributed by atoms with Gasteiger partial charge in [-0.1, -0.05) is 34.1 Å². The number of carbonyl (C=O) groups excluding carboxylic acids is 2. The molecule has 0 aliphatic carbocycles. The van der Waals surface area contributed by atoms with Crippen molar-refractivity contribution in [2.75, 3.05) is 0 Å². The van der Waals surface area contributed by atoms with Crippen LogP contribution in [0.25, 0.3) is 6.08 Å². The largest absolute Gasteiger partial charge is 0.467 e. The summed E-state index contributed by atoms with van der Waals surface area (Å²) in [6.45, 7) is 0.235. The average molecular weight is 431 g/mol. The third-order valence-corrected chi connectivity index (χ3v) is 4.82. The number of rotatable bonds is 6. The molecular weight excluding hydrogens is 416 g/mol. The molecule has 2 N–H and O–H groups in total. The predicted octanol–water partition coefficient (Wildman–Crippen LogP) is 4.19. The second-order valence-corrected chi connectivity index (χ2v) is 7.17. The summed E-state index contributed by atoms with van der Waals surface area (Å²) in [5, 5.41) is 7.25. The molecule has 2 aromatic heterocycles. The van der Waals surface area contributed by atoms with Crippen molar-refractivity contribution >= 4 is 45.2 Å². The highest BCUT2D eigenvalue weighted by Gasteiger charge is 2.15. The number of furan rings is 1. The first-order valence-electron chi connectivity index (χ1n) is 7.74. The van der Waals surface area contributed by atoms with Gasteiger partial charge in [0.05, 0.1) is 17.7 Å². The minimum atomic E-state index is -0.394. The molecule has 0 radical (unpaired) electrons. The lowest BCUT2D eigenvalue weighted by Gasteiger charge is -2.10. The number of nitrogens with one attached hydrogen (secondary N) is 2. The van der Waals surface area contributed by atoms with Crippen LogP contribution in [0.1, 0.15) is 21.0 Å². The molecule has 2 amide bonds. The van der Waals surface area contributed by atoms with Crippen LogP contribution in [0, 0.1) is 0 Å². The van der Waals surface area contributed by atoms with E-state index in [1.165, 1.54) is 11.3 Å². The summed E-state index contributed by atoms with van der Waals surface area (Å²) in [5.74, 6) is -0.0864. The van der Waals surface area contributed by atoms with Crippen LogP contribution in [-0.4, -0.2) is 11.8 Å². The zero-order chi connectivity index (χ0) is 18.4. The Morgan fingerprint density at radius 1 is 1.12 bits per heavy atom. The molecule has 0 aliphatic heterocycles. The molecule has 0 saturated heterocycles. The summed E-state index contributed by atoms with van der Waals surface area (Å²) in [4.78, 5) is 25.5. The first-order valence-corrected chi connectivity index (χ1v) is 9.42. The van der Waals surface area contributed by atoms with Crippen LogP contribution >= 0.6 is 27.3 Å². The van der Waals surface area contributed by atoms with Gasteiger partial charge >= 0.3 is 0 Å². The van der Waals surface area contributed by atoms with Gasteiger partial charge in [-0.05, 0) is 47.4 Å². The smallest absolute Gasteiger partial charge is 0.268 e. The van der Waals surface area contributed by atoms with E-state index in [-0.39, 0.29) is 18.1 Å². The second kappa shape index (κ2) is 8.64. The van der Waals surface area contributed by atoms with Crippen LogP contribution in [0.5, 0.6) is 0 Å². The van der Waals surface area contributed by atoms with Crippen molar-refractivity contribution in [2.45, 2.75) is 6.54 Å². The molecule has 1 aromatic carbocycles. The molecule has 0 atom stereocenters. The van der Waals surface area contributed by atoms with Gasteiger partial charge in [-0.15, -0.1) is 11.3 Å². The van der Waals surface area contributed by atoms with E-state index in [0.29, 0.717) is 10.6 Å². The summed E-state index contributed by atoms with van der Waals surface area (Å²) in [7, 11) is 0. The Kier molecular flexibility index (Phi) is 6.04. The van der Waals surface area contributed by atoms with Crippen molar-refractivity contribution in [1.29, 1.82) is 0 Å². The van der Waals surface area contributed by atoms with Crippen LogP contribution < -0.4 is 10.6 Å². The van der Waals surface area contributed by atoms with Gasteiger partial charge in [-0.3, -0.25) is 9.59 Å². The van der Waals surface area contributed by atoms with Crippen LogP contribution in [0.15, 0.2) is 74.8 Å². The first-order chi connectivity index (χ1) is 12.6. The minimum absolute atomic E-state index is 0.164. The van der Waals surface area contributed by atoms with E-state index in [2.05, 4.69) is 26.6 Å². The lowest BCUT2D eigenvalue weighted by molar-refractivity contribution is -0.118. The van der Waals surface area contributed by atoms with Gasteiger partial charge in [0, 0.05) is 4.47 Å². The Balaban J connectivity index is 1.78. The summed E-state index contributed by atoms with van der Waals surface area (Å²) in [6, 6.07) is 14.4. The summed E-state index contributed by atoms with van der Waals surface area (Å²) < 4.78 is 6.14. The third kappa shape index (κ3) is 4.93. The Hall–Kier alpha value is -2.64. The maximum absolute atomic E-state index is 12.6. The molecule has 132 valence electrons. The molecule has 0 bridgehead atoms. The molecule has 3 rings (SSSR count). The Morgan fingerprint density at radius 3 is 2.58 bits per heavy atom. The molecule has 7 heteroatoms. The molecule has 26 heavy (non-hydrogen) atoms. The molecule has 0 unspecified atom stereocenters. The number of hydrogen-bond acceptors (Lipinski definition) is 4. The number of hydrogen-bond donors (Lipinski definition) is 2. The highest BCUT2D eigenvalue weighted by molar-refractivity contribution is 9.10. The van der Waals surface area contributed by atoms with Crippen molar-refractivity contribution < 1.29 is 14.0 Å². The van der Waals surface area contributed by atoms with E-state index in [4.69, 9.17) is 4.42 Å². The summed E-state index contributed by atoms with van der Waals surface area (Å²) in [5.41, 5.74) is 0.958. The van der Waals surface area contributed by atoms with Crippen LogP contribution in [-0.2, 0) is 11.3 Å². The SMILES string of the molecule is O=C(NCc1ccco1)/C(=C/c1ccc(Br)cc1)NC(=O)c1cccs1. The molecule has 5 nitrogen and oxygen atoms in total. The molecule has 3 aromatic rings. The number of benzene rings is 1. The molecule has 0 aliphatic rings. The van der Waals surface area contributed by atoms with Gasteiger partial charge in [0.2, 0.25) is 0 Å². The zero-order valence-corrected chi connectivity index (χ0v) is 16.0. The zero-order valence-electron chi connectivity index (χ0n) is 13.6. The average Bonchev–Trinajstić information content (AvgIpc) is 3.34. The van der Waals surface area contributed by atoms with Crippen molar-refractivity contribution in [2.24, 2.45) is 0 Å². The number of carbonyl (C=O) groups is 2. The maximum atomic E-state index is 12.6. The minimum Gasteiger partial charge on any atom is -0.467 e. The molecule has 0 spiro atoms. The van der Waals surface area contributed by atoms with Crippen molar-refractivity contribution in [3.05, 3.63) is 86.5 Å². The van der Waals surface area contributed by atoms with E-state index in [0.717, 1.165) is 10.0 Å². The van der Waals surface area contributed by atoms with E-state index >= 15 is 0 Å². The summed E-state index contributed by atoms with van der Waals surface area (Å²) >= 11 is 4.69. The van der Waals surface area contributed by atoms with Crippen LogP contribution in [0.3, 0.4) is 0 Å². The molecule has 0 fully saturated rings. The number of amides is 2. The first kappa shape index (κ1) is 18.2. The van der Waals surface area contributed by atoms with E-state index in [9.17, 15) is 9.59 Å². The van der Waals surface area contributed by atoms with Gasteiger partial charge in [0.15, 0.2) is 0 Å². The van der Waals surface area contributed by atoms with Gasteiger partial charge in [0.25, 0.3) is 11.8 Å². The Bertz CT molecular complexity index is 901. The summed E-state index contributed by atoms with van der Waals surface area (Å²) in [6.07, 6.45) is 3.17. The van der Waals surface area contributed by atoms with Crippen molar-refractivity contribution in [1.82, 2.24) is 10.6 Å².